The van der Waals surface area contributed by atoms with Crippen molar-refractivity contribution in [2.45, 2.75) is 166 Å². The number of fused-ring (bicyclic) bond motifs is 12. The van der Waals surface area contributed by atoms with E-state index in [0.717, 1.165) is 196 Å². The van der Waals surface area contributed by atoms with E-state index < -0.39 is 0 Å². The molecule has 12 aromatic carbocycles. The van der Waals surface area contributed by atoms with Gasteiger partial charge in [0.05, 0.1) is 0 Å². The molecule has 24 rings (SSSR count). The summed E-state index contributed by atoms with van der Waals surface area (Å²) >= 11 is 0. The van der Waals surface area contributed by atoms with Gasteiger partial charge in [0.25, 0.3) is 0 Å². The standard InChI is InChI=1S/6C18H10N2.12C2H6.6Y/c1-2-6-14-11-20-18(9-13(14)5-1)17-12-19-10-15-7-3-4-8-16(15)17;1-2-5-14-12-20-18(10-13(14)4-1)17-7-3-6-15-11-19-9-8-16(15)17;1-2-16-12-20-9-7-18(16)17(3-1)14-4-5-15-11-19-8-6-13(15)10-14;1-2-15-11-20-9-7-18(15)17(3-1)14-5-4-13-6-8-19-12-16(13)10-14;1-2-14-7-9-20-12-18(14)17(3-1)15-5-4-13-6-8-19-11-16(13)10-15;1-2-13-6-8-20-12-18(13)17(3-1)15-4-5-16-11-19-9-7-14(16)10-15;12*1-2;;;;;;/h1-8,10-11H;1-6,8-9,11-12H;4*1-2,4-9,11-12H;12*1-2H3;;;;;;/q6*-2;;;;;;;;;;;;;;;;;;. The molecule has 0 aliphatic carbocycles. The number of rotatable bonds is 6. The number of benzene rings is 12. The van der Waals surface area contributed by atoms with Gasteiger partial charge in [-0.15, -0.1) is 172 Å². The van der Waals surface area contributed by atoms with E-state index in [1.54, 1.807) is 37.2 Å². The molecule has 750 valence electrons. The summed E-state index contributed by atoms with van der Waals surface area (Å²) in [6.45, 7) is 48.0. The normalized spacial score (nSPS) is 9.28. The van der Waals surface area contributed by atoms with Crippen LogP contribution in [-0.2, 0) is 196 Å². The van der Waals surface area contributed by atoms with Crippen molar-refractivity contribution < 1.29 is 196 Å². The fraction of sp³-hybridized carbons (Fsp3) is 0.182. The fourth-order valence-corrected chi connectivity index (χ4v) is 14.5. The van der Waals surface area contributed by atoms with E-state index in [1.165, 1.54) is 0 Å². The third-order valence-electron chi connectivity index (χ3n) is 20.5. The van der Waals surface area contributed by atoms with Crippen molar-refractivity contribution in [3.05, 3.63) is 440 Å². The molecule has 12 nitrogen and oxygen atoms in total. The van der Waals surface area contributed by atoms with Crippen molar-refractivity contribution in [1.82, 2.24) is 59.8 Å². The maximum Gasteiger partial charge on any atom is 0.0248 e. The van der Waals surface area contributed by atoms with Crippen LogP contribution in [-0.4, -0.2) is 59.8 Å². The molecule has 0 N–H and O–H groups in total. The number of nitrogens with zero attached hydrogens (tertiary/aromatic N) is 12. The van der Waals surface area contributed by atoms with Gasteiger partial charge in [-0.3, -0.25) is 34.9 Å². The van der Waals surface area contributed by atoms with Gasteiger partial charge in [-0.2, -0.15) is 155 Å². The molecule has 0 aliphatic heterocycles. The second-order valence-electron chi connectivity index (χ2n) is 27.9. The summed E-state index contributed by atoms with van der Waals surface area (Å²) in [4.78, 5) is 50.7. The van der Waals surface area contributed by atoms with Crippen LogP contribution in [0.4, 0.5) is 0 Å². The van der Waals surface area contributed by atoms with Crippen molar-refractivity contribution in [3.8, 4) is 67.0 Å². The van der Waals surface area contributed by atoms with Crippen LogP contribution in [0.25, 0.3) is 196 Å². The van der Waals surface area contributed by atoms with Gasteiger partial charge >= 0.3 is 0 Å². The Bertz CT molecular complexity index is 6680. The summed E-state index contributed by atoms with van der Waals surface area (Å²) in [5.41, 5.74) is 11.8. The molecule has 0 atom stereocenters. The molecule has 0 saturated heterocycles. The zero-order valence-electron chi connectivity index (χ0n) is 91.5. The monoisotopic (exact) mass is 2420 g/mol. The summed E-state index contributed by atoms with van der Waals surface area (Å²) in [5, 5.41) is 26.3. The summed E-state index contributed by atoms with van der Waals surface area (Å²) < 4.78 is 0. The molecule has 12 aromatic heterocycles. The number of hydrogen-bond acceptors (Lipinski definition) is 12. The fourth-order valence-electron chi connectivity index (χ4n) is 14.5. The van der Waals surface area contributed by atoms with Crippen LogP contribution in [0.3, 0.4) is 0 Å². The molecule has 24 aromatic rings. The van der Waals surface area contributed by atoms with Crippen LogP contribution in [0, 0.1) is 72.9 Å². The van der Waals surface area contributed by atoms with E-state index in [4.69, 9.17) is 0 Å². The van der Waals surface area contributed by atoms with Crippen molar-refractivity contribution in [3.63, 3.8) is 0 Å². The summed E-state index contributed by atoms with van der Waals surface area (Å²) in [6, 6.07) is 116. The van der Waals surface area contributed by atoms with Gasteiger partial charge in [-0.1, -0.05) is 329 Å². The Hall–Kier alpha value is -9.82. The third kappa shape index (κ3) is 38.4. The number of aromatic nitrogens is 12. The average molecular weight is 2420 g/mol. The Morgan fingerprint density at radius 1 is 0.160 bits per heavy atom. The van der Waals surface area contributed by atoms with Crippen molar-refractivity contribution in [1.29, 1.82) is 0 Å². The Balaban J connectivity index is 0.000000857. The minimum atomic E-state index is 0. The largest absolute Gasteiger partial charge is 0.370 e. The quantitative estimate of drug-likeness (QED) is 0.146. The minimum Gasteiger partial charge on any atom is -0.370 e. The van der Waals surface area contributed by atoms with Crippen LogP contribution in [0.1, 0.15) is 166 Å². The van der Waals surface area contributed by atoms with E-state index in [0.29, 0.717) is 0 Å². The summed E-state index contributed by atoms with van der Waals surface area (Å²) in [6.07, 6.45) is 41.6. The van der Waals surface area contributed by atoms with Crippen molar-refractivity contribution in [2.24, 2.45) is 0 Å². The first kappa shape index (κ1) is 138. The second-order valence-corrected chi connectivity index (χ2v) is 27.9. The maximum atomic E-state index is 4.52. The topological polar surface area (TPSA) is 155 Å². The Morgan fingerprint density at radius 2 is 0.407 bits per heavy atom. The SMILES string of the molecule is CC.CC.CC.CC.CC.CC.CC.CC.CC.CC.CC.CC.[Y].[Y].[Y].[Y].[Y].[Y].[c-]1ccc2ccncc2c1-c1[c-]c2ccncc2cc1.[c-]1ccc2ccncc2c1-c1[c-]c2cnccc2cc1.[c-]1ccc2cnccc2c1-c1[c-]c2ccccc2cn1.[c-]1ccc2cnccc2c1-c1[c-]c2ccncc2cc1.[c-]1ccc2cnccc2c1-c1[c-]c2cnccc2cc1.[c-]1ncc2ccccc2c1-c1[c-]c2ccccc2cn1. The molecule has 150 heavy (non-hydrogen) atoms. The maximum absolute atomic E-state index is 4.52. The van der Waals surface area contributed by atoms with E-state index in [1.807, 2.05) is 441 Å². The van der Waals surface area contributed by atoms with Crippen LogP contribution in [0.15, 0.2) is 367 Å². The molecule has 18 heteroatoms. The summed E-state index contributed by atoms with van der Waals surface area (Å²) in [7, 11) is 0. The number of pyridine rings is 12. The molecule has 0 unspecified atom stereocenters. The smallest absolute Gasteiger partial charge is 0.0248 e. The molecular weight excluding hydrogens is 2290 g/mol. The Morgan fingerprint density at radius 3 is 0.787 bits per heavy atom. The first-order chi connectivity index (χ1) is 71.5. The molecule has 0 spiro atoms. The van der Waals surface area contributed by atoms with Gasteiger partial charge in [0.1, 0.15) is 0 Å². The molecule has 0 aliphatic rings. The van der Waals surface area contributed by atoms with E-state index >= 15 is 0 Å². The van der Waals surface area contributed by atoms with Gasteiger partial charge in [-0.05, 0) is 62.0 Å². The first-order valence-electron chi connectivity index (χ1n) is 50.6. The zero-order valence-corrected chi connectivity index (χ0v) is 109. The van der Waals surface area contributed by atoms with Crippen molar-refractivity contribution in [2.75, 3.05) is 0 Å². The van der Waals surface area contributed by atoms with Crippen LogP contribution in [0.5, 0.6) is 0 Å². The second kappa shape index (κ2) is 80.1. The van der Waals surface area contributed by atoms with Gasteiger partial charge in [0, 0.05) is 258 Å². The molecule has 0 saturated carbocycles. The summed E-state index contributed by atoms with van der Waals surface area (Å²) in [5.74, 6) is 0. The van der Waals surface area contributed by atoms with E-state index in [2.05, 4.69) is 187 Å². The molecule has 6 radical (unpaired) electrons. The Labute approximate surface area is 1040 Å². The molecule has 0 amide bonds. The van der Waals surface area contributed by atoms with Crippen LogP contribution in [0.2, 0.25) is 0 Å². The van der Waals surface area contributed by atoms with E-state index in [-0.39, 0.29) is 196 Å². The van der Waals surface area contributed by atoms with Crippen molar-refractivity contribution >= 4 is 129 Å². The van der Waals surface area contributed by atoms with E-state index in [9.17, 15) is 0 Å². The average Bonchev–Trinajstić information content (AvgIpc) is 0.812. The van der Waals surface area contributed by atoms with Gasteiger partial charge in [-0.25, -0.2) is 22.3 Å². The first-order valence-corrected chi connectivity index (χ1v) is 50.6. The van der Waals surface area contributed by atoms with Gasteiger partial charge in [0.2, 0.25) is 0 Å². The van der Waals surface area contributed by atoms with Crippen LogP contribution < -0.4 is 0 Å². The molecule has 12 heterocycles. The third-order valence-corrected chi connectivity index (χ3v) is 20.5. The molecule has 0 bridgehead atoms. The minimum absolute atomic E-state index is 0. The van der Waals surface area contributed by atoms with Crippen LogP contribution >= 0.6 is 0 Å². The van der Waals surface area contributed by atoms with Gasteiger partial charge in [0.15, 0.2) is 0 Å². The molecular formula is C132H132N12Y6-12. The Kier molecular flexibility index (Phi) is 73.8. The number of hydrogen-bond donors (Lipinski definition) is 0. The zero-order chi connectivity index (χ0) is 104. The predicted octanol–water partition coefficient (Wildman–Crippen LogP) is 36.6. The predicted molar refractivity (Wildman–Crippen MR) is 617 cm³/mol. The van der Waals surface area contributed by atoms with Gasteiger partial charge < -0.3 is 24.9 Å². The molecule has 0 fully saturated rings.